The molecular weight excluding hydrogens is 278 g/mol. The fraction of sp³-hybridized carbons (Fsp3) is 0.556. The molecule has 4 nitrogen and oxygen atoms in total. The Morgan fingerprint density at radius 2 is 1.74 bits per heavy atom. The van der Waals surface area contributed by atoms with Crippen LogP contribution >= 0.6 is 0 Å². The van der Waals surface area contributed by atoms with Crippen LogP contribution in [-0.4, -0.2) is 22.7 Å². The van der Waals surface area contributed by atoms with Gasteiger partial charge in [-0.25, -0.2) is 4.98 Å². The Morgan fingerprint density at radius 3 is 2.26 bits per heavy atom. The topological polar surface area (TPSA) is 63.8 Å². The second kappa shape index (κ2) is 5.49. The van der Waals surface area contributed by atoms with Crippen molar-refractivity contribution in [3.8, 4) is 0 Å². The van der Waals surface area contributed by atoms with Crippen LogP contribution in [0.1, 0.15) is 18.5 Å². The second-order valence-corrected chi connectivity index (χ2v) is 3.64. The molecule has 0 aliphatic rings. The van der Waals surface area contributed by atoms with Gasteiger partial charge >= 0.3 is 12.4 Å². The maximum absolute atomic E-state index is 12.4. The third kappa shape index (κ3) is 5.62. The second-order valence-electron chi connectivity index (χ2n) is 3.64. The molecule has 0 saturated heterocycles. The monoisotopic (exact) mass is 288 g/mol. The first-order valence-electron chi connectivity index (χ1n) is 5.10. The molecule has 0 saturated carbocycles. The number of halogens is 6. The molecule has 3 N–H and O–H groups in total. The van der Waals surface area contributed by atoms with Gasteiger partial charge in [-0.15, -0.1) is 0 Å². The van der Waals surface area contributed by atoms with E-state index < -0.39 is 30.4 Å². The van der Waals surface area contributed by atoms with Gasteiger partial charge in [-0.2, -0.15) is 31.3 Å². The molecule has 0 spiro atoms. The van der Waals surface area contributed by atoms with Crippen molar-refractivity contribution in [1.82, 2.24) is 9.97 Å². The minimum atomic E-state index is -4.69. The van der Waals surface area contributed by atoms with Crippen LogP contribution in [0.5, 0.6) is 0 Å². The van der Waals surface area contributed by atoms with Gasteiger partial charge in [-0.3, -0.25) is 0 Å². The SMILES string of the molecule is Nc1nc(NCCCC(F)(F)F)cc(C(F)(F)F)n1. The van der Waals surface area contributed by atoms with Crippen LogP contribution < -0.4 is 11.1 Å². The summed E-state index contributed by atoms with van der Waals surface area (Å²) in [6, 6.07) is 0.587. The van der Waals surface area contributed by atoms with Gasteiger partial charge in [0, 0.05) is 19.0 Å². The van der Waals surface area contributed by atoms with E-state index in [2.05, 4.69) is 15.3 Å². The minimum Gasteiger partial charge on any atom is -0.370 e. The zero-order valence-corrected chi connectivity index (χ0v) is 9.44. The summed E-state index contributed by atoms with van der Waals surface area (Å²) in [4.78, 5) is 6.45. The maximum atomic E-state index is 12.4. The van der Waals surface area contributed by atoms with E-state index >= 15 is 0 Å². The number of alkyl halides is 6. The first-order chi connectivity index (χ1) is 8.58. The van der Waals surface area contributed by atoms with Crippen molar-refractivity contribution in [2.45, 2.75) is 25.2 Å². The summed E-state index contributed by atoms with van der Waals surface area (Å²) in [5.41, 5.74) is 3.84. The highest BCUT2D eigenvalue weighted by atomic mass is 19.4. The summed E-state index contributed by atoms with van der Waals surface area (Å²) >= 11 is 0. The summed E-state index contributed by atoms with van der Waals surface area (Å²) in [7, 11) is 0. The van der Waals surface area contributed by atoms with E-state index in [4.69, 9.17) is 5.73 Å². The number of nitrogens with one attached hydrogen (secondary N) is 1. The molecule has 19 heavy (non-hydrogen) atoms. The van der Waals surface area contributed by atoms with E-state index in [1.165, 1.54) is 0 Å². The van der Waals surface area contributed by atoms with Crippen molar-refractivity contribution in [3.63, 3.8) is 0 Å². The lowest BCUT2D eigenvalue weighted by Crippen LogP contribution is -2.14. The molecule has 1 heterocycles. The minimum absolute atomic E-state index is 0.173. The van der Waals surface area contributed by atoms with E-state index in [1.807, 2.05) is 0 Å². The van der Waals surface area contributed by atoms with Crippen molar-refractivity contribution in [2.75, 3.05) is 17.6 Å². The Hall–Kier alpha value is -1.74. The van der Waals surface area contributed by atoms with E-state index in [1.54, 1.807) is 0 Å². The van der Waals surface area contributed by atoms with Crippen LogP contribution in [0.15, 0.2) is 6.07 Å². The van der Waals surface area contributed by atoms with E-state index in [9.17, 15) is 26.3 Å². The van der Waals surface area contributed by atoms with E-state index in [0.717, 1.165) is 0 Å². The molecule has 0 aliphatic heterocycles. The Labute approximate surface area is 104 Å². The fourth-order valence-corrected chi connectivity index (χ4v) is 1.21. The summed E-state index contributed by atoms with van der Waals surface area (Å²) in [6.45, 7) is -0.173. The Balaban J connectivity index is 2.62. The van der Waals surface area contributed by atoms with Crippen LogP contribution in [0.4, 0.5) is 38.1 Å². The Bertz CT molecular complexity index is 428. The highest BCUT2D eigenvalue weighted by molar-refractivity contribution is 5.41. The van der Waals surface area contributed by atoms with E-state index in [0.29, 0.717) is 6.07 Å². The average molecular weight is 288 g/mol. The molecular formula is C9H10F6N4. The van der Waals surface area contributed by atoms with Gasteiger partial charge < -0.3 is 11.1 Å². The van der Waals surface area contributed by atoms with Gasteiger partial charge in [-0.1, -0.05) is 0 Å². The average Bonchev–Trinajstić information content (AvgIpc) is 2.21. The highest BCUT2D eigenvalue weighted by Crippen LogP contribution is 2.29. The predicted molar refractivity (Wildman–Crippen MR) is 55.2 cm³/mol. The number of anilines is 2. The van der Waals surface area contributed by atoms with Gasteiger partial charge in [-0.05, 0) is 6.42 Å². The standard InChI is InChI=1S/C9H10F6N4/c10-8(11,12)2-1-3-17-6-4-5(9(13,14)15)18-7(16)19-6/h4H,1-3H2,(H3,16,17,18,19). The van der Waals surface area contributed by atoms with Crippen molar-refractivity contribution >= 4 is 11.8 Å². The molecule has 0 aromatic carbocycles. The number of aromatic nitrogens is 2. The summed E-state index contributed by atoms with van der Waals surface area (Å²) < 4.78 is 72.6. The highest BCUT2D eigenvalue weighted by Gasteiger charge is 2.33. The molecule has 1 aromatic rings. The van der Waals surface area contributed by atoms with Crippen LogP contribution in [0.25, 0.3) is 0 Å². The van der Waals surface area contributed by atoms with Gasteiger partial charge in [0.15, 0.2) is 5.69 Å². The zero-order chi connectivity index (χ0) is 14.7. The molecule has 1 rings (SSSR count). The lowest BCUT2D eigenvalue weighted by molar-refractivity contribution is -0.141. The molecule has 0 fully saturated rings. The Kier molecular flexibility index (Phi) is 4.43. The summed E-state index contributed by atoms with van der Waals surface area (Å²) in [5, 5.41) is 2.34. The molecule has 1 aromatic heterocycles. The lowest BCUT2D eigenvalue weighted by Gasteiger charge is -2.10. The summed E-state index contributed by atoms with van der Waals surface area (Å²) in [5.74, 6) is -0.866. The molecule has 108 valence electrons. The first-order valence-corrected chi connectivity index (χ1v) is 5.10. The normalized spacial score (nSPS) is 12.5. The maximum Gasteiger partial charge on any atom is 0.433 e. The number of nitrogens with two attached hydrogens (primary N) is 1. The van der Waals surface area contributed by atoms with Gasteiger partial charge in [0.25, 0.3) is 0 Å². The molecule has 10 heteroatoms. The third-order valence-corrected chi connectivity index (χ3v) is 1.98. The number of hydrogen-bond donors (Lipinski definition) is 2. The molecule has 0 atom stereocenters. The van der Waals surface area contributed by atoms with Crippen LogP contribution in [0.3, 0.4) is 0 Å². The zero-order valence-electron chi connectivity index (χ0n) is 9.44. The van der Waals surface area contributed by atoms with Crippen molar-refractivity contribution in [3.05, 3.63) is 11.8 Å². The quantitative estimate of drug-likeness (QED) is 0.660. The Morgan fingerprint density at radius 1 is 1.11 bits per heavy atom. The molecule has 0 bridgehead atoms. The third-order valence-electron chi connectivity index (χ3n) is 1.98. The van der Waals surface area contributed by atoms with Crippen LogP contribution in [0, 0.1) is 0 Å². The smallest absolute Gasteiger partial charge is 0.370 e. The number of nitrogens with zero attached hydrogens (tertiary/aromatic N) is 2. The summed E-state index contributed by atoms with van der Waals surface area (Å²) in [6.07, 6.45) is -10.3. The van der Waals surface area contributed by atoms with Crippen molar-refractivity contribution in [2.24, 2.45) is 0 Å². The van der Waals surface area contributed by atoms with Crippen molar-refractivity contribution in [1.29, 1.82) is 0 Å². The molecule has 0 radical (unpaired) electrons. The molecule has 0 amide bonds. The van der Waals surface area contributed by atoms with Gasteiger partial charge in [0.2, 0.25) is 5.95 Å². The largest absolute Gasteiger partial charge is 0.433 e. The van der Waals surface area contributed by atoms with Crippen LogP contribution in [-0.2, 0) is 6.18 Å². The predicted octanol–water partition coefficient (Wildman–Crippen LogP) is 2.83. The molecule has 0 unspecified atom stereocenters. The van der Waals surface area contributed by atoms with Gasteiger partial charge in [0.1, 0.15) is 5.82 Å². The fourth-order valence-electron chi connectivity index (χ4n) is 1.21. The lowest BCUT2D eigenvalue weighted by atomic mass is 10.3. The molecule has 0 aliphatic carbocycles. The number of nitrogen functional groups attached to an aromatic ring is 1. The first kappa shape index (κ1) is 15.3. The van der Waals surface area contributed by atoms with Crippen LogP contribution in [0.2, 0.25) is 0 Å². The van der Waals surface area contributed by atoms with E-state index in [-0.39, 0.29) is 18.8 Å². The number of hydrogen-bond acceptors (Lipinski definition) is 4. The number of rotatable bonds is 4. The van der Waals surface area contributed by atoms with Crippen molar-refractivity contribution < 1.29 is 26.3 Å². The van der Waals surface area contributed by atoms with Gasteiger partial charge in [0.05, 0.1) is 0 Å².